The number of likely N-dealkylation sites (tertiary alicyclic amines) is 1. The molecule has 2 N–H and O–H groups in total. The average Bonchev–Trinajstić information content (AvgIpc) is 2.83. The van der Waals surface area contributed by atoms with Gasteiger partial charge in [-0.15, -0.1) is 0 Å². The standard InChI is InChI=1S/C13H17ClN2O/c14-12-5-4-11(15)9-10(12)3-6-13(17)16-7-1-2-8-16/h4-5,9H,1-3,6-8,15H2. The summed E-state index contributed by atoms with van der Waals surface area (Å²) in [4.78, 5) is 13.8. The van der Waals surface area contributed by atoms with Gasteiger partial charge in [0.05, 0.1) is 0 Å². The Morgan fingerprint density at radius 1 is 1.35 bits per heavy atom. The maximum Gasteiger partial charge on any atom is 0.222 e. The SMILES string of the molecule is Nc1ccc(Cl)c(CCC(=O)N2CCCC2)c1. The van der Waals surface area contributed by atoms with Crippen LogP contribution in [0.15, 0.2) is 18.2 Å². The first-order valence-electron chi connectivity index (χ1n) is 5.98. The number of nitrogen functional groups attached to an aromatic ring is 1. The van der Waals surface area contributed by atoms with Crippen LogP contribution in [0.2, 0.25) is 5.02 Å². The van der Waals surface area contributed by atoms with Gasteiger partial charge in [-0.2, -0.15) is 0 Å². The Bertz CT molecular complexity index is 414. The van der Waals surface area contributed by atoms with Crippen molar-refractivity contribution in [3.63, 3.8) is 0 Å². The van der Waals surface area contributed by atoms with Gasteiger partial charge in [0, 0.05) is 30.2 Å². The minimum absolute atomic E-state index is 0.223. The van der Waals surface area contributed by atoms with Gasteiger partial charge in [0.15, 0.2) is 0 Å². The quantitative estimate of drug-likeness (QED) is 0.840. The van der Waals surface area contributed by atoms with Crippen LogP contribution in [0.25, 0.3) is 0 Å². The maximum absolute atomic E-state index is 11.9. The zero-order valence-corrected chi connectivity index (χ0v) is 10.5. The van der Waals surface area contributed by atoms with E-state index in [4.69, 9.17) is 17.3 Å². The Labute approximate surface area is 107 Å². The molecule has 17 heavy (non-hydrogen) atoms. The summed E-state index contributed by atoms with van der Waals surface area (Å²) in [5.41, 5.74) is 7.35. The second kappa shape index (κ2) is 5.41. The third-order valence-electron chi connectivity index (χ3n) is 3.14. The molecule has 1 aromatic carbocycles. The lowest BCUT2D eigenvalue weighted by Gasteiger charge is -2.15. The molecule has 92 valence electrons. The molecule has 1 aromatic rings. The van der Waals surface area contributed by atoms with Crippen LogP contribution in [0.1, 0.15) is 24.8 Å². The van der Waals surface area contributed by atoms with E-state index < -0.39 is 0 Å². The van der Waals surface area contributed by atoms with E-state index in [1.807, 2.05) is 11.0 Å². The largest absolute Gasteiger partial charge is 0.399 e. The van der Waals surface area contributed by atoms with E-state index in [1.165, 1.54) is 0 Å². The Morgan fingerprint density at radius 2 is 2.06 bits per heavy atom. The fourth-order valence-electron chi connectivity index (χ4n) is 2.15. The molecule has 0 spiro atoms. The number of hydrogen-bond acceptors (Lipinski definition) is 2. The molecule has 0 aliphatic carbocycles. The highest BCUT2D eigenvalue weighted by molar-refractivity contribution is 6.31. The third-order valence-corrected chi connectivity index (χ3v) is 3.51. The van der Waals surface area contributed by atoms with Crippen LogP contribution in [-0.2, 0) is 11.2 Å². The number of halogens is 1. The maximum atomic E-state index is 11.9. The highest BCUT2D eigenvalue weighted by Gasteiger charge is 2.17. The lowest BCUT2D eigenvalue weighted by Crippen LogP contribution is -2.27. The van der Waals surface area contributed by atoms with Crippen molar-refractivity contribution < 1.29 is 4.79 Å². The van der Waals surface area contributed by atoms with Crippen LogP contribution < -0.4 is 5.73 Å². The first kappa shape index (κ1) is 12.2. The van der Waals surface area contributed by atoms with E-state index in [2.05, 4.69) is 0 Å². The number of benzene rings is 1. The number of amides is 1. The van der Waals surface area contributed by atoms with Crippen LogP contribution in [0.3, 0.4) is 0 Å². The summed E-state index contributed by atoms with van der Waals surface area (Å²) >= 11 is 6.06. The molecule has 0 radical (unpaired) electrons. The molecule has 1 aliphatic rings. The number of nitrogens with zero attached hydrogens (tertiary/aromatic N) is 1. The Balaban J connectivity index is 1.92. The summed E-state index contributed by atoms with van der Waals surface area (Å²) in [7, 11) is 0. The molecule has 1 fully saturated rings. The number of aryl methyl sites for hydroxylation is 1. The molecule has 0 bridgehead atoms. The molecule has 0 unspecified atom stereocenters. The summed E-state index contributed by atoms with van der Waals surface area (Å²) < 4.78 is 0. The molecular weight excluding hydrogens is 236 g/mol. The van der Waals surface area contributed by atoms with E-state index in [-0.39, 0.29) is 5.91 Å². The molecule has 0 atom stereocenters. The van der Waals surface area contributed by atoms with E-state index in [0.717, 1.165) is 31.5 Å². The molecule has 4 heteroatoms. The first-order chi connectivity index (χ1) is 8.16. The van der Waals surface area contributed by atoms with Crippen LogP contribution in [-0.4, -0.2) is 23.9 Å². The van der Waals surface area contributed by atoms with Crippen molar-refractivity contribution in [2.45, 2.75) is 25.7 Å². The molecule has 3 nitrogen and oxygen atoms in total. The smallest absolute Gasteiger partial charge is 0.222 e. The normalized spacial score (nSPS) is 15.2. The lowest BCUT2D eigenvalue weighted by molar-refractivity contribution is -0.130. The van der Waals surface area contributed by atoms with E-state index >= 15 is 0 Å². The fourth-order valence-corrected chi connectivity index (χ4v) is 2.36. The molecular formula is C13H17ClN2O. The molecule has 1 amide bonds. The van der Waals surface area contributed by atoms with Crippen molar-refractivity contribution in [2.75, 3.05) is 18.8 Å². The van der Waals surface area contributed by atoms with Gasteiger partial charge >= 0.3 is 0 Å². The monoisotopic (exact) mass is 252 g/mol. The third kappa shape index (κ3) is 3.13. The van der Waals surface area contributed by atoms with Crippen molar-refractivity contribution >= 4 is 23.2 Å². The Hall–Kier alpha value is -1.22. The van der Waals surface area contributed by atoms with Crippen molar-refractivity contribution in [3.8, 4) is 0 Å². The van der Waals surface area contributed by atoms with Crippen LogP contribution in [0.4, 0.5) is 5.69 Å². The summed E-state index contributed by atoms with van der Waals surface area (Å²) in [6.07, 6.45) is 3.44. The molecule has 0 saturated carbocycles. The number of anilines is 1. The molecule has 1 heterocycles. The van der Waals surface area contributed by atoms with Crippen molar-refractivity contribution in [1.82, 2.24) is 4.90 Å². The molecule has 1 saturated heterocycles. The molecule has 2 rings (SSSR count). The lowest BCUT2D eigenvalue weighted by atomic mass is 10.1. The van der Waals surface area contributed by atoms with Crippen molar-refractivity contribution in [2.24, 2.45) is 0 Å². The average molecular weight is 253 g/mol. The number of rotatable bonds is 3. The minimum Gasteiger partial charge on any atom is -0.399 e. The second-order valence-electron chi connectivity index (χ2n) is 4.44. The van der Waals surface area contributed by atoms with Gasteiger partial charge in [0.1, 0.15) is 0 Å². The highest BCUT2D eigenvalue weighted by atomic mass is 35.5. The second-order valence-corrected chi connectivity index (χ2v) is 4.85. The van der Waals surface area contributed by atoms with Gasteiger partial charge in [0.2, 0.25) is 5.91 Å². The van der Waals surface area contributed by atoms with Crippen molar-refractivity contribution in [3.05, 3.63) is 28.8 Å². The van der Waals surface area contributed by atoms with E-state index in [1.54, 1.807) is 12.1 Å². The Morgan fingerprint density at radius 3 is 2.76 bits per heavy atom. The van der Waals surface area contributed by atoms with E-state index in [0.29, 0.717) is 23.6 Å². The zero-order valence-electron chi connectivity index (χ0n) is 9.79. The van der Waals surface area contributed by atoms with Gasteiger partial charge in [0.25, 0.3) is 0 Å². The number of carbonyl (C=O) groups is 1. The topological polar surface area (TPSA) is 46.3 Å². The van der Waals surface area contributed by atoms with Crippen LogP contribution >= 0.6 is 11.6 Å². The number of hydrogen-bond donors (Lipinski definition) is 1. The fraction of sp³-hybridized carbons (Fsp3) is 0.462. The summed E-state index contributed by atoms with van der Waals surface area (Å²) in [6, 6.07) is 5.40. The number of carbonyl (C=O) groups excluding carboxylic acids is 1. The predicted molar refractivity (Wildman–Crippen MR) is 70.0 cm³/mol. The van der Waals surface area contributed by atoms with Crippen molar-refractivity contribution in [1.29, 1.82) is 0 Å². The predicted octanol–water partition coefficient (Wildman–Crippen LogP) is 2.48. The molecule has 0 aromatic heterocycles. The van der Waals surface area contributed by atoms with Gasteiger partial charge in [-0.25, -0.2) is 0 Å². The first-order valence-corrected chi connectivity index (χ1v) is 6.36. The highest BCUT2D eigenvalue weighted by Crippen LogP contribution is 2.21. The number of nitrogens with two attached hydrogens (primary N) is 1. The summed E-state index contributed by atoms with van der Waals surface area (Å²) in [6.45, 7) is 1.81. The van der Waals surface area contributed by atoms with Gasteiger partial charge in [-0.1, -0.05) is 11.6 Å². The zero-order chi connectivity index (χ0) is 12.3. The van der Waals surface area contributed by atoms with Crippen LogP contribution in [0.5, 0.6) is 0 Å². The minimum atomic E-state index is 0.223. The summed E-state index contributed by atoms with van der Waals surface area (Å²) in [5, 5.41) is 0.688. The van der Waals surface area contributed by atoms with E-state index in [9.17, 15) is 4.79 Å². The molecule has 1 aliphatic heterocycles. The van der Waals surface area contributed by atoms with Gasteiger partial charge in [-0.05, 0) is 43.0 Å². The van der Waals surface area contributed by atoms with Crippen LogP contribution in [0, 0.1) is 0 Å². The Kier molecular flexibility index (Phi) is 3.89. The summed E-state index contributed by atoms with van der Waals surface area (Å²) in [5.74, 6) is 0.223. The van der Waals surface area contributed by atoms with Gasteiger partial charge < -0.3 is 10.6 Å². The van der Waals surface area contributed by atoms with Gasteiger partial charge in [-0.3, -0.25) is 4.79 Å².